The Labute approximate surface area is 173 Å². The maximum absolute atomic E-state index is 13.0. The second-order valence-corrected chi connectivity index (χ2v) is 11.3. The highest BCUT2D eigenvalue weighted by Gasteiger charge is 2.57. The Morgan fingerprint density at radius 1 is 1.37 bits per heavy atom. The maximum Gasteiger partial charge on any atom is 0.224 e. The summed E-state index contributed by atoms with van der Waals surface area (Å²) in [5.74, 6) is 0.206. The minimum absolute atomic E-state index is 0. The van der Waals surface area contributed by atoms with Crippen molar-refractivity contribution in [2.45, 2.75) is 52.1 Å². The molecule has 3 rings (SSSR count). The van der Waals surface area contributed by atoms with Crippen LogP contribution in [0.3, 0.4) is 0 Å². The van der Waals surface area contributed by atoms with Gasteiger partial charge in [0.05, 0.1) is 11.5 Å². The summed E-state index contributed by atoms with van der Waals surface area (Å²) < 4.78 is 24.4. The van der Waals surface area contributed by atoms with Gasteiger partial charge in [0.2, 0.25) is 5.91 Å². The van der Waals surface area contributed by atoms with Gasteiger partial charge >= 0.3 is 0 Å². The fourth-order valence-corrected chi connectivity index (χ4v) is 6.49. The molecule has 2 fully saturated rings. The molecule has 0 bridgehead atoms. The van der Waals surface area contributed by atoms with Crippen LogP contribution in [0.4, 0.5) is 0 Å². The predicted octanol–water partition coefficient (Wildman–Crippen LogP) is 3.10. The Balaban J connectivity index is 0.00000261. The largest absolute Gasteiger partial charge is 0.335 e. The molecule has 1 amide bonds. The molecule has 1 spiro atoms. The van der Waals surface area contributed by atoms with Crippen LogP contribution in [0.1, 0.15) is 45.1 Å². The van der Waals surface area contributed by atoms with E-state index in [1.807, 2.05) is 24.1 Å². The number of carbonyl (C=O) groups excluding carboxylic acids is 1. The maximum atomic E-state index is 13.0. The van der Waals surface area contributed by atoms with Crippen molar-refractivity contribution in [3.63, 3.8) is 0 Å². The number of thiophene rings is 1. The molecule has 1 aliphatic carbocycles. The molecule has 2 heterocycles. The fraction of sp³-hybridized carbons (Fsp3) is 0.737. The topological polar surface area (TPSA) is 66.5 Å². The summed E-state index contributed by atoms with van der Waals surface area (Å²) in [6.07, 6.45) is 3.38. The minimum atomic E-state index is -3.17. The van der Waals surface area contributed by atoms with E-state index in [1.165, 1.54) is 0 Å². The van der Waals surface area contributed by atoms with Crippen molar-refractivity contribution in [1.29, 1.82) is 0 Å². The van der Waals surface area contributed by atoms with E-state index in [0.29, 0.717) is 6.54 Å². The van der Waals surface area contributed by atoms with Crippen molar-refractivity contribution in [2.24, 2.45) is 11.3 Å². The summed E-state index contributed by atoms with van der Waals surface area (Å²) in [5, 5.41) is 7.50. The van der Waals surface area contributed by atoms with E-state index in [4.69, 9.17) is 0 Å². The SMILES string of the molecule is CC(C)CS(=O)(=O)CCC(=O)N(Cc1ccsc1)C1CC12CCNCC2.Cl. The van der Waals surface area contributed by atoms with Crippen LogP contribution >= 0.6 is 23.7 Å². The van der Waals surface area contributed by atoms with E-state index in [9.17, 15) is 13.2 Å². The third-order valence-corrected chi connectivity index (χ3v) is 8.32. The van der Waals surface area contributed by atoms with Crippen molar-refractivity contribution in [3.8, 4) is 0 Å². The molecule has 5 nitrogen and oxygen atoms in total. The number of rotatable bonds is 8. The zero-order chi connectivity index (χ0) is 18.8. The summed E-state index contributed by atoms with van der Waals surface area (Å²) in [7, 11) is -3.17. The first kappa shape index (κ1) is 22.7. The Morgan fingerprint density at radius 2 is 2.07 bits per heavy atom. The van der Waals surface area contributed by atoms with Gasteiger partial charge in [-0.15, -0.1) is 12.4 Å². The van der Waals surface area contributed by atoms with Crippen molar-refractivity contribution in [2.75, 3.05) is 24.6 Å². The van der Waals surface area contributed by atoms with Gasteiger partial charge in [0.1, 0.15) is 0 Å². The molecule has 0 aromatic carbocycles. The van der Waals surface area contributed by atoms with Crippen LogP contribution in [-0.2, 0) is 21.2 Å². The van der Waals surface area contributed by atoms with Gasteiger partial charge in [0.15, 0.2) is 9.84 Å². The average molecular weight is 435 g/mol. The quantitative estimate of drug-likeness (QED) is 0.682. The van der Waals surface area contributed by atoms with E-state index in [1.54, 1.807) is 11.3 Å². The number of carbonyl (C=O) groups is 1. The molecule has 0 radical (unpaired) electrons. The second-order valence-electron chi connectivity index (χ2n) is 8.24. The molecule has 1 aromatic rings. The van der Waals surface area contributed by atoms with Crippen LogP contribution in [0.25, 0.3) is 0 Å². The number of nitrogens with zero attached hydrogens (tertiary/aromatic N) is 1. The normalized spacial score (nSPS) is 21.1. The van der Waals surface area contributed by atoms with E-state index >= 15 is 0 Å². The van der Waals surface area contributed by atoms with Gasteiger partial charge in [-0.1, -0.05) is 13.8 Å². The number of sulfone groups is 1. The Hall–Kier alpha value is -0.630. The summed E-state index contributed by atoms with van der Waals surface area (Å²) >= 11 is 1.63. The van der Waals surface area contributed by atoms with Gasteiger partial charge in [-0.05, 0) is 66.1 Å². The molecule has 1 unspecified atom stereocenters. The van der Waals surface area contributed by atoms with Crippen LogP contribution in [0, 0.1) is 11.3 Å². The molecule has 2 aliphatic rings. The first-order valence-electron chi connectivity index (χ1n) is 9.53. The lowest BCUT2D eigenvalue weighted by atomic mass is 9.93. The van der Waals surface area contributed by atoms with Gasteiger partial charge < -0.3 is 10.2 Å². The number of hydrogen-bond acceptors (Lipinski definition) is 5. The summed E-state index contributed by atoms with van der Waals surface area (Å²) in [4.78, 5) is 14.9. The molecule has 1 atom stereocenters. The van der Waals surface area contributed by atoms with Crippen LogP contribution in [0.5, 0.6) is 0 Å². The molecule has 154 valence electrons. The predicted molar refractivity (Wildman–Crippen MR) is 113 cm³/mol. The minimum Gasteiger partial charge on any atom is -0.335 e. The van der Waals surface area contributed by atoms with Crippen molar-refractivity contribution >= 4 is 39.5 Å². The molecule has 8 heteroatoms. The van der Waals surface area contributed by atoms with Gasteiger partial charge in [0.25, 0.3) is 0 Å². The highest BCUT2D eigenvalue weighted by atomic mass is 35.5. The van der Waals surface area contributed by atoms with Gasteiger partial charge in [0, 0.05) is 19.0 Å². The summed E-state index contributed by atoms with van der Waals surface area (Å²) in [5.41, 5.74) is 1.40. The number of amides is 1. The van der Waals surface area contributed by atoms with Crippen LogP contribution in [-0.4, -0.2) is 49.9 Å². The lowest BCUT2D eigenvalue weighted by Gasteiger charge is -2.29. The van der Waals surface area contributed by atoms with Crippen LogP contribution in [0.15, 0.2) is 16.8 Å². The monoisotopic (exact) mass is 434 g/mol. The van der Waals surface area contributed by atoms with Crippen LogP contribution in [0.2, 0.25) is 0 Å². The lowest BCUT2D eigenvalue weighted by Crippen LogP contribution is -2.39. The van der Waals surface area contributed by atoms with E-state index in [-0.39, 0.29) is 53.6 Å². The molecule has 1 N–H and O–H groups in total. The molecule has 1 aliphatic heterocycles. The third kappa shape index (κ3) is 5.92. The molecule has 1 saturated heterocycles. The zero-order valence-electron chi connectivity index (χ0n) is 16.1. The summed E-state index contributed by atoms with van der Waals surface area (Å²) in [6, 6.07) is 2.32. The molecule has 1 saturated carbocycles. The van der Waals surface area contributed by atoms with E-state index < -0.39 is 9.84 Å². The molecule has 27 heavy (non-hydrogen) atoms. The fourth-order valence-electron chi connectivity index (χ4n) is 4.16. The number of piperidine rings is 1. The van der Waals surface area contributed by atoms with Gasteiger partial charge in [-0.2, -0.15) is 11.3 Å². The Bertz CT molecular complexity index is 713. The molecule has 1 aromatic heterocycles. The molecular weight excluding hydrogens is 404 g/mol. The van der Waals surface area contributed by atoms with Crippen molar-refractivity contribution < 1.29 is 13.2 Å². The van der Waals surface area contributed by atoms with Gasteiger partial charge in [-0.25, -0.2) is 8.42 Å². The number of hydrogen-bond donors (Lipinski definition) is 1. The highest BCUT2D eigenvalue weighted by Crippen LogP contribution is 2.56. The Kier molecular flexibility index (Phi) is 7.76. The first-order chi connectivity index (χ1) is 12.3. The number of nitrogens with one attached hydrogen (secondary N) is 1. The first-order valence-corrected chi connectivity index (χ1v) is 12.3. The second kappa shape index (κ2) is 9.25. The highest BCUT2D eigenvalue weighted by molar-refractivity contribution is 7.91. The lowest BCUT2D eigenvalue weighted by molar-refractivity contribution is -0.132. The summed E-state index contributed by atoms with van der Waals surface area (Å²) in [6.45, 7) is 6.42. The van der Waals surface area contributed by atoms with Crippen molar-refractivity contribution in [1.82, 2.24) is 10.2 Å². The molecular formula is C19H31ClN2O3S2. The third-order valence-electron chi connectivity index (χ3n) is 5.59. The Morgan fingerprint density at radius 3 is 2.67 bits per heavy atom. The van der Waals surface area contributed by atoms with Crippen LogP contribution < -0.4 is 5.32 Å². The standard InChI is InChI=1S/C19H30N2O3S2.ClH/c1-15(2)14-26(23,24)10-4-18(22)21(12-16-3-9-25-13-16)17-11-19(17)5-7-20-8-6-19;/h3,9,13,15,17,20H,4-8,10-12,14H2,1-2H3;1H. The average Bonchev–Trinajstić information content (AvgIpc) is 3.01. The number of halogens is 1. The smallest absolute Gasteiger partial charge is 0.224 e. The van der Waals surface area contributed by atoms with Crippen molar-refractivity contribution in [3.05, 3.63) is 22.4 Å². The van der Waals surface area contributed by atoms with Gasteiger partial charge in [-0.3, -0.25) is 4.79 Å². The zero-order valence-corrected chi connectivity index (χ0v) is 18.6. The van der Waals surface area contributed by atoms with E-state index in [0.717, 1.165) is 37.9 Å². The van der Waals surface area contributed by atoms with E-state index in [2.05, 4.69) is 16.8 Å².